The minimum atomic E-state index is -0.867. The number of rotatable bonds is 6. The molecule has 0 aliphatic rings. The molecule has 0 amide bonds. The van der Waals surface area contributed by atoms with E-state index in [1.165, 1.54) is 0 Å². The molecule has 0 aliphatic carbocycles. The lowest BCUT2D eigenvalue weighted by Gasteiger charge is -2.15. The van der Waals surface area contributed by atoms with Crippen molar-refractivity contribution in [3.8, 4) is 5.75 Å². The summed E-state index contributed by atoms with van der Waals surface area (Å²) in [5.74, 6) is -0.365. The van der Waals surface area contributed by atoms with Crippen LogP contribution in [0.1, 0.15) is 0 Å². The maximum Gasteiger partial charge on any atom is 0.317 e. The summed E-state index contributed by atoms with van der Waals surface area (Å²) in [6.07, 6.45) is 0. The lowest BCUT2D eigenvalue weighted by Crippen LogP contribution is -2.29. The normalized spacial score (nSPS) is 10.6. The topological polar surface area (TPSA) is 49.8 Å². The predicted molar refractivity (Wildman–Crippen MR) is 67.1 cm³/mol. The van der Waals surface area contributed by atoms with Crippen molar-refractivity contribution in [2.45, 2.75) is 0 Å². The fraction of sp³-hybridized carbons (Fsp3) is 0.364. The van der Waals surface area contributed by atoms with Gasteiger partial charge in [0.1, 0.15) is 12.4 Å². The second-order valence-corrected chi connectivity index (χ2v) is 4.40. The Hall–Kier alpha value is -0.970. The van der Waals surface area contributed by atoms with Gasteiger partial charge in [-0.15, -0.1) is 0 Å². The van der Waals surface area contributed by atoms with Crippen molar-refractivity contribution in [2.75, 3.05) is 26.7 Å². The molecule has 0 aromatic heterocycles. The number of hydrogen-bond acceptors (Lipinski definition) is 3. The van der Waals surface area contributed by atoms with Crippen molar-refractivity contribution in [3.63, 3.8) is 0 Å². The highest BCUT2D eigenvalue weighted by atomic mass is 35.5. The van der Waals surface area contributed by atoms with Crippen molar-refractivity contribution in [1.29, 1.82) is 0 Å². The second-order valence-electron chi connectivity index (χ2n) is 3.55. The van der Waals surface area contributed by atoms with Crippen LogP contribution in [0.4, 0.5) is 0 Å². The average Bonchev–Trinajstić information content (AvgIpc) is 2.22. The number of ether oxygens (including phenoxy) is 1. The van der Waals surface area contributed by atoms with Crippen LogP contribution in [0.3, 0.4) is 0 Å². The average molecular weight is 278 g/mol. The molecule has 0 bridgehead atoms. The van der Waals surface area contributed by atoms with Crippen LogP contribution in [0, 0.1) is 0 Å². The first-order valence-electron chi connectivity index (χ1n) is 4.97. The number of hydrogen-bond donors (Lipinski definition) is 1. The summed E-state index contributed by atoms with van der Waals surface area (Å²) in [5, 5.41) is 9.59. The number of likely N-dealkylation sites (N-methyl/N-ethyl adjacent to an activating group) is 1. The lowest BCUT2D eigenvalue weighted by atomic mass is 10.3. The third kappa shape index (κ3) is 5.26. The molecule has 0 saturated carbocycles. The summed E-state index contributed by atoms with van der Waals surface area (Å²) in [7, 11) is 1.71. The first kappa shape index (κ1) is 14.1. The summed E-state index contributed by atoms with van der Waals surface area (Å²) in [6, 6.07) is 4.95. The van der Waals surface area contributed by atoms with E-state index in [1.807, 2.05) is 0 Å². The van der Waals surface area contributed by atoms with Gasteiger partial charge in [-0.3, -0.25) is 9.69 Å². The van der Waals surface area contributed by atoms with E-state index in [1.54, 1.807) is 30.1 Å². The molecular weight excluding hydrogens is 265 g/mol. The molecular formula is C11H13Cl2NO3. The number of nitrogens with zero attached hydrogens (tertiary/aromatic N) is 1. The molecule has 1 aromatic carbocycles. The van der Waals surface area contributed by atoms with Crippen molar-refractivity contribution >= 4 is 29.2 Å². The van der Waals surface area contributed by atoms with E-state index >= 15 is 0 Å². The van der Waals surface area contributed by atoms with Crippen LogP contribution in [-0.4, -0.2) is 42.7 Å². The molecule has 0 unspecified atom stereocenters. The van der Waals surface area contributed by atoms with Gasteiger partial charge in [0.2, 0.25) is 0 Å². The minimum Gasteiger partial charge on any atom is -0.491 e. The largest absolute Gasteiger partial charge is 0.491 e. The van der Waals surface area contributed by atoms with Crippen molar-refractivity contribution in [1.82, 2.24) is 4.90 Å². The highest BCUT2D eigenvalue weighted by Crippen LogP contribution is 2.27. The van der Waals surface area contributed by atoms with E-state index in [-0.39, 0.29) is 6.54 Å². The Bertz CT molecular complexity index is 398. The monoisotopic (exact) mass is 277 g/mol. The Morgan fingerprint density at radius 3 is 2.82 bits per heavy atom. The number of benzene rings is 1. The third-order valence-corrected chi connectivity index (χ3v) is 2.58. The zero-order valence-electron chi connectivity index (χ0n) is 9.32. The van der Waals surface area contributed by atoms with Crippen LogP contribution in [0.15, 0.2) is 18.2 Å². The molecule has 1 aromatic rings. The van der Waals surface area contributed by atoms with Gasteiger partial charge in [0.25, 0.3) is 0 Å². The van der Waals surface area contributed by atoms with Gasteiger partial charge < -0.3 is 9.84 Å². The van der Waals surface area contributed by atoms with E-state index < -0.39 is 5.97 Å². The summed E-state index contributed by atoms with van der Waals surface area (Å²) in [4.78, 5) is 12.1. The zero-order chi connectivity index (χ0) is 12.8. The van der Waals surface area contributed by atoms with Crippen LogP contribution in [0.25, 0.3) is 0 Å². The summed E-state index contributed by atoms with van der Waals surface area (Å²) < 4.78 is 5.42. The number of carboxylic acids is 1. The van der Waals surface area contributed by atoms with Crippen molar-refractivity contribution in [3.05, 3.63) is 28.2 Å². The predicted octanol–water partition coefficient (Wildman–Crippen LogP) is 2.39. The SMILES string of the molecule is CN(CCOc1cc(Cl)ccc1Cl)CC(=O)O. The zero-order valence-corrected chi connectivity index (χ0v) is 10.8. The van der Waals surface area contributed by atoms with Gasteiger partial charge >= 0.3 is 5.97 Å². The van der Waals surface area contributed by atoms with E-state index in [2.05, 4.69) is 0 Å². The van der Waals surface area contributed by atoms with Crippen LogP contribution >= 0.6 is 23.2 Å². The summed E-state index contributed by atoms with van der Waals surface area (Å²) in [5.41, 5.74) is 0. The van der Waals surface area contributed by atoms with Crippen molar-refractivity contribution < 1.29 is 14.6 Å². The van der Waals surface area contributed by atoms with Gasteiger partial charge in [-0.2, -0.15) is 0 Å². The van der Waals surface area contributed by atoms with Gasteiger partial charge in [-0.25, -0.2) is 0 Å². The Morgan fingerprint density at radius 2 is 2.18 bits per heavy atom. The molecule has 94 valence electrons. The maximum absolute atomic E-state index is 10.4. The van der Waals surface area contributed by atoms with E-state index in [4.69, 9.17) is 33.0 Å². The van der Waals surface area contributed by atoms with Gasteiger partial charge in [0.15, 0.2) is 0 Å². The number of halogens is 2. The highest BCUT2D eigenvalue weighted by molar-refractivity contribution is 6.34. The first-order valence-corrected chi connectivity index (χ1v) is 5.73. The molecule has 0 spiro atoms. The molecule has 0 saturated heterocycles. The Balaban J connectivity index is 2.40. The second kappa shape index (κ2) is 6.69. The molecule has 0 atom stereocenters. The van der Waals surface area contributed by atoms with Gasteiger partial charge in [-0.05, 0) is 19.2 Å². The van der Waals surface area contributed by atoms with Crippen molar-refractivity contribution in [2.24, 2.45) is 0 Å². The third-order valence-electron chi connectivity index (χ3n) is 2.03. The van der Waals surface area contributed by atoms with Gasteiger partial charge in [-0.1, -0.05) is 23.2 Å². The van der Waals surface area contributed by atoms with Crippen LogP contribution < -0.4 is 4.74 Å². The number of carboxylic acid groups (broad SMARTS) is 1. The molecule has 17 heavy (non-hydrogen) atoms. The van der Waals surface area contributed by atoms with Crippen LogP contribution in [0.2, 0.25) is 10.0 Å². The molecule has 0 heterocycles. The van der Waals surface area contributed by atoms with Gasteiger partial charge in [0, 0.05) is 17.6 Å². The Kier molecular flexibility index (Phi) is 5.55. The fourth-order valence-corrected chi connectivity index (χ4v) is 1.54. The first-order chi connectivity index (χ1) is 7.99. The molecule has 0 radical (unpaired) electrons. The fourth-order valence-electron chi connectivity index (χ4n) is 1.21. The number of carbonyl (C=O) groups is 1. The molecule has 4 nitrogen and oxygen atoms in total. The summed E-state index contributed by atoms with van der Waals surface area (Å²) >= 11 is 11.7. The lowest BCUT2D eigenvalue weighted by molar-refractivity contribution is -0.138. The molecule has 1 N–H and O–H groups in total. The Morgan fingerprint density at radius 1 is 1.47 bits per heavy atom. The standard InChI is InChI=1S/C11H13Cl2NO3/c1-14(7-11(15)16)4-5-17-10-6-8(12)2-3-9(10)13/h2-3,6H,4-5,7H2,1H3,(H,15,16). The van der Waals surface area contributed by atoms with E-state index in [0.717, 1.165) is 0 Å². The molecule has 0 aliphatic heterocycles. The van der Waals surface area contributed by atoms with E-state index in [9.17, 15) is 4.79 Å². The minimum absolute atomic E-state index is 0.0212. The molecule has 1 rings (SSSR count). The molecule has 0 fully saturated rings. The number of aliphatic carboxylic acids is 1. The quantitative estimate of drug-likeness (QED) is 0.868. The van der Waals surface area contributed by atoms with Crippen LogP contribution in [0.5, 0.6) is 5.75 Å². The Labute approximate surface area is 110 Å². The van der Waals surface area contributed by atoms with Gasteiger partial charge in [0.05, 0.1) is 11.6 Å². The summed E-state index contributed by atoms with van der Waals surface area (Å²) in [6.45, 7) is 0.825. The van der Waals surface area contributed by atoms with Crippen LogP contribution in [-0.2, 0) is 4.79 Å². The highest BCUT2D eigenvalue weighted by Gasteiger charge is 2.06. The maximum atomic E-state index is 10.4. The molecule has 6 heteroatoms. The van der Waals surface area contributed by atoms with E-state index in [0.29, 0.717) is 28.9 Å². The smallest absolute Gasteiger partial charge is 0.317 e.